The lowest BCUT2D eigenvalue weighted by molar-refractivity contribution is -0.115. The van der Waals surface area contributed by atoms with E-state index in [1.54, 1.807) is 18.5 Å². The van der Waals surface area contributed by atoms with E-state index in [2.05, 4.69) is 11.9 Å². The number of carbonyl (C=O) groups is 1. The Morgan fingerprint density at radius 1 is 1.30 bits per heavy atom. The standard InChI is InChI=1S/C22H21Cl2NO2/c1-2-6-22-7-5-16(26)10-17(22)19-15(11-22)9-18(20(23)21(19)24)27-13-14-4-3-8-25-12-14/h3-4,8-10,12H,2,5-7,11,13H2,1H3. The molecule has 0 fully saturated rings. The normalized spacial score (nSPS) is 20.9. The molecule has 0 saturated carbocycles. The molecule has 1 heterocycles. The van der Waals surface area contributed by atoms with E-state index in [0.29, 0.717) is 28.8 Å². The molecule has 1 unspecified atom stereocenters. The number of halogens is 2. The van der Waals surface area contributed by atoms with Gasteiger partial charge in [-0.3, -0.25) is 9.78 Å². The first-order valence-electron chi connectivity index (χ1n) is 9.32. The lowest BCUT2D eigenvalue weighted by Gasteiger charge is -2.33. The van der Waals surface area contributed by atoms with Crippen molar-refractivity contribution in [1.29, 1.82) is 0 Å². The predicted molar refractivity (Wildman–Crippen MR) is 108 cm³/mol. The number of nitrogens with zero attached hydrogens (tertiary/aromatic N) is 1. The average Bonchev–Trinajstić information content (AvgIpc) is 2.98. The van der Waals surface area contributed by atoms with Gasteiger partial charge in [0.25, 0.3) is 0 Å². The molecule has 0 saturated heterocycles. The highest BCUT2D eigenvalue weighted by Crippen LogP contribution is 2.58. The van der Waals surface area contributed by atoms with Gasteiger partial charge in [-0.15, -0.1) is 0 Å². The first-order valence-corrected chi connectivity index (χ1v) is 10.1. The molecule has 0 bridgehead atoms. The molecule has 5 heteroatoms. The molecular weight excluding hydrogens is 381 g/mol. The second kappa shape index (κ2) is 7.29. The van der Waals surface area contributed by atoms with Gasteiger partial charge in [0, 0.05) is 35.4 Å². The number of fused-ring (bicyclic) bond motifs is 3. The molecule has 0 radical (unpaired) electrons. The summed E-state index contributed by atoms with van der Waals surface area (Å²) in [4.78, 5) is 16.2. The van der Waals surface area contributed by atoms with E-state index in [-0.39, 0.29) is 11.2 Å². The summed E-state index contributed by atoms with van der Waals surface area (Å²) in [6.45, 7) is 2.56. The lowest BCUT2D eigenvalue weighted by atomic mass is 9.70. The zero-order chi connectivity index (χ0) is 19.0. The summed E-state index contributed by atoms with van der Waals surface area (Å²) in [6, 6.07) is 5.83. The fraction of sp³-hybridized carbons (Fsp3) is 0.364. The highest BCUT2D eigenvalue weighted by Gasteiger charge is 2.45. The molecule has 1 aromatic heterocycles. The number of aromatic nitrogens is 1. The molecule has 140 valence electrons. The van der Waals surface area contributed by atoms with Gasteiger partial charge in [-0.05, 0) is 48.6 Å². The van der Waals surface area contributed by atoms with Gasteiger partial charge in [-0.25, -0.2) is 0 Å². The van der Waals surface area contributed by atoms with Crippen LogP contribution in [0.25, 0.3) is 5.57 Å². The van der Waals surface area contributed by atoms with Crippen LogP contribution in [0.1, 0.15) is 49.3 Å². The van der Waals surface area contributed by atoms with Crippen LogP contribution >= 0.6 is 23.2 Å². The van der Waals surface area contributed by atoms with Gasteiger partial charge in [-0.2, -0.15) is 0 Å². The number of hydrogen-bond acceptors (Lipinski definition) is 3. The zero-order valence-electron chi connectivity index (χ0n) is 15.2. The second-order valence-corrected chi connectivity index (χ2v) is 8.17. The molecule has 0 amide bonds. The Morgan fingerprint density at radius 3 is 2.89 bits per heavy atom. The number of rotatable bonds is 5. The fourth-order valence-electron chi connectivity index (χ4n) is 4.43. The zero-order valence-corrected chi connectivity index (χ0v) is 16.7. The summed E-state index contributed by atoms with van der Waals surface area (Å²) in [6.07, 6.45) is 9.76. The quantitative estimate of drug-likeness (QED) is 0.611. The van der Waals surface area contributed by atoms with Gasteiger partial charge in [0.15, 0.2) is 5.78 Å². The van der Waals surface area contributed by atoms with Gasteiger partial charge >= 0.3 is 0 Å². The van der Waals surface area contributed by atoms with Crippen molar-refractivity contribution in [3.8, 4) is 5.75 Å². The summed E-state index contributed by atoms with van der Waals surface area (Å²) < 4.78 is 5.95. The van der Waals surface area contributed by atoms with E-state index in [1.165, 1.54) is 0 Å². The van der Waals surface area contributed by atoms with Gasteiger partial charge < -0.3 is 4.74 Å². The number of ether oxygens (including phenoxy) is 1. The Morgan fingerprint density at radius 2 is 2.15 bits per heavy atom. The molecule has 1 aromatic carbocycles. The van der Waals surface area contributed by atoms with Crippen LogP contribution in [-0.2, 0) is 17.8 Å². The van der Waals surface area contributed by atoms with Gasteiger partial charge in [0.1, 0.15) is 17.4 Å². The summed E-state index contributed by atoms with van der Waals surface area (Å²) >= 11 is 13.2. The maximum absolute atomic E-state index is 12.1. The second-order valence-electron chi connectivity index (χ2n) is 7.42. The van der Waals surface area contributed by atoms with E-state index < -0.39 is 0 Å². The number of allylic oxidation sites excluding steroid dienone is 2. The van der Waals surface area contributed by atoms with Crippen LogP contribution in [0.4, 0.5) is 0 Å². The summed E-state index contributed by atoms with van der Waals surface area (Å²) in [5.74, 6) is 0.759. The monoisotopic (exact) mass is 401 g/mol. The van der Waals surface area contributed by atoms with Crippen molar-refractivity contribution in [3.63, 3.8) is 0 Å². The summed E-state index contributed by atoms with van der Waals surface area (Å²) in [5, 5.41) is 0.903. The van der Waals surface area contributed by atoms with Crippen LogP contribution in [0, 0.1) is 5.41 Å². The molecule has 3 nitrogen and oxygen atoms in total. The van der Waals surface area contributed by atoms with E-state index in [0.717, 1.165) is 47.9 Å². The first-order chi connectivity index (χ1) is 13.0. The minimum Gasteiger partial charge on any atom is -0.487 e. The van der Waals surface area contributed by atoms with Crippen LogP contribution in [-0.4, -0.2) is 10.8 Å². The van der Waals surface area contributed by atoms with Gasteiger partial charge in [0.05, 0.1) is 5.02 Å². The highest BCUT2D eigenvalue weighted by molar-refractivity contribution is 6.44. The highest BCUT2D eigenvalue weighted by atomic mass is 35.5. The van der Waals surface area contributed by atoms with Crippen molar-refractivity contribution in [2.45, 2.75) is 45.6 Å². The third-order valence-corrected chi connectivity index (χ3v) is 6.48. The molecule has 2 aliphatic carbocycles. The van der Waals surface area contributed by atoms with Crippen LogP contribution in [0.15, 0.2) is 36.7 Å². The summed E-state index contributed by atoms with van der Waals surface area (Å²) in [7, 11) is 0. The molecule has 2 aliphatic rings. The number of hydrogen-bond donors (Lipinski definition) is 0. The van der Waals surface area contributed by atoms with Gasteiger partial charge in [-0.1, -0.05) is 42.6 Å². The molecular formula is C22H21Cl2NO2. The number of pyridine rings is 1. The minimum atomic E-state index is -0.0000639. The van der Waals surface area contributed by atoms with E-state index in [1.807, 2.05) is 18.2 Å². The van der Waals surface area contributed by atoms with Crippen molar-refractivity contribution in [3.05, 3.63) is 63.4 Å². The molecule has 0 N–H and O–H groups in total. The third kappa shape index (κ3) is 3.28. The fourth-order valence-corrected chi connectivity index (χ4v) is 4.95. The van der Waals surface area contributed by atoms with E-state index >= 15 is 0 Å². The number of benzene rings is 1. The van der Waals surface area contributed by atoms with Crippen LogP contribution in [0.2, 0.25) is 10.0 Å². The Labute approximate surface area is 169 Å². The molecule has 2 aromatic rings. The topological polar surface area (TPSA) is 39.2 Å². The Hall–Kier alpha value is -1.84. The van der Waals surface area contributed by atoms with E-state index in [9.17, 15) is 4.79 Å². The predicted octanol–water partition coefficient (Wildman–Crippen LogP) is 6.06. The Kier molecular flexibility index (Phi) is 5.00. The Bertz CT molecular complexity index is 924. The maximum Gasteiger partial charge on any atom is 0.156 e. The van der Waals surface area contributed by atoms with Crippen LogP contribution in [0.5, 0.6) is 5.75 Å². The van der Waals surface area contributed by atoms with Crippen molar-refractivity contribution >= 4 is 34.6 Å². The average molecular weight is 402 g/mol. The molecule has 1 atom stereocenters. The van der Waals surface area contributed by atoms with Gasteiger partial charge in [0.2, 0.25) is 0 Å². The third-order valence-electron chi connectivity index (χ3n) is 5.63. The van der Waals surface area contributed by atoms with Crippen molar-refractivity contribution in [2.75, 3.05) is 0 Å². The van der Waals surface area contributed by atoms with Crippen LogP contribution in [0.3, 0.4) is 0 Å². The smallest absolute Gasteiger partial charge is 0.156 e. The van der Waals surface area contributed by atoms with Crippen molar-refractivity contribution in [2.24, 2.45) is 5.41 Å². The molecule has 0 spiro atoms. The van der Waals surface area contributed by atoms with Crippen molar-refractivity contribution < 1.29 is 9.53 Å². The lowest BCUT2D eigenvalue weighted by Crippen LogP contribution is -2.25. The van der Waals surface area contributed by atoms with Crippen molar-refractivity contribution in [1.82, 2.24) is 4.98 Å². The molecule has 0 aliphatic heterocycles. The SMILES string of the molecule is CCCC12CCC(=O)C=C1c1c(cc(OCc3cccnc3)c(Cl)c1Cl)C2. The maximum atomic E-state index is 12.1. The van der Waals surface area contributed by atoms with Crippen LogP contribution < -0.4 is 4.74 Å². The number of carbonyl (C=O) groups excluding carboxylic acids is 1. The molecule has 4 rings (SSSR count). The summed E-state index contributed by atoms with van der Waals surface area (Å²) in [5.41, 5.74) is 4.10. The largest absolute Gasteiger partial charge is 0.487 e. The first kappa shape index (κ1) is 18.5. The number of ketones is 1. The molecule has 27 heavy (non-hydrogen) atoms. The van der Waals surface area contributed by atoms with E-state index in [4.69, 9.17) is 27.9 Å². The minimum absolute atomic E-state index is 0.0000639. The Balaban J connectivity index is 1.72.